The van der Waals surface area contributed by atoms with Crippen LogP contribution in [-0.4, -0.2) is 0 Å². The van der Waals surface area contributed by atoms with Crippen molar-refractivity contribution in [1.82, 2.24) is 0 Å². The molecule has 0 amide bonds. The van der Waals surface area contributed by atoms with Gasteiger partial charge in [0.1, 0.15) is 0 Å². The number of fused-ring (bicyclic) bond motifs is 3. The minimum Gasteiger partial charge on any atom is -0.0912 e. The van der Waals surface area contributed by atoms with Gasteiger partial charge in [-0.1, -0.05) is 62.9 Å². The Morgan fingerprint density at radius 1 is 1.00 bits per heavy atom. The Bertz CT molecular complexity index is 835. The first kappa shape index (κ1) is 16.3. The van der Waals surface area contributed by atoms with Crippen molar-refractivity contribution >= 4 is 28.2 Å². The fourth-order valence-electron chi connectivity index (χ4n) is 3.29. The average Bonchev–Trinajstić information content (AvgIpc) is 2.75. The summed E-state index contributed by atoms with van der Waals surface area (Å²) >= 11 is 2.40. The summed E-state index contributed by atoms with van der Waals surface area (Å²) in [4.78, 5) is 0. The zero-order valence-corrected chi connectivity index (χ0v) is 16.0. The van der Waals surface area contributed by atoms with Crippen LogP contribution in [0.1, 0.15) is 37.5 Å². The first-order valence-corrected chi connectivity index (χ1v) is 8.96. The quantitative estimate of drug-likeness (QED) is 0.387. The van der Waals surface area contributed by atoms with E-state index >= 15 is 0 Å². The van der Waals surface area contributed by atoms with Crippen molar-refractivity contribution in [1.29, 1.82) is 0 Å². The van der Waals surface area contributed by atoms with Crippen molar-refractivity contribution in [2.75, 3.05) is 0 Å². The van der Waals surface area contributed by atoms with Crippen LogP contribution in [-0.2, 0) is 5.41 Å². The lowest BCUT2D eigenvalue weighted by molar-refractivity contribution is 0.659. The molecule has 0 spiro atoms. The fourth-order valence-corrected chi connectivity index (χ4v) is 3.78. The van der Waals surface area contributed by atoms with E-state index in [4.69, 9.17) is 0 Å². The minimum atomic E-state index is 0.0369. The molecule has 0 bridgehead atoms. The van der Waals surface area contributed by atoms with Gasteiger partial charge >= 0.3 is 0 Å². The predicted octanol–water partition coefficient (Wildman–Crippen LogP) is 6.74. The molecule has 0 saturated carbocycles. The van der Waals surface area contributed by atoms with Crippen molar-refractivity contribution in [3.63, 3.8) is 0 Å². The van der Waals surface area contributed by atoms with Crippen LogP contribution in [0, 0.1) is 3.57 Å². The van der Waals surface area contributed by atoms with Crippen LogP contribution >= 0.6 is 22.6 Å². The topological polar surface area (TPSA) is 0 Å². The summed E-state index contributed by atoms with van der Waals surface area (Å²) < 4.78 is 1.29. The highest BCUT2D eigenvalue weighted by Crippen LogP contribution is 2.49. The van der Waals surface area contributed by atoms with Crippen LogP contribution in [0.25, 0.3) is 16.7 Å². The molecule has 23 heavy (non-hydrogen) atoms. The van der Waals surface area contributed by atoms with Gasteiger partial charge in [0.05, 0.1) is 0 Å². The Labute approximate surface area is 152 Å². The van der Waals surface area contributed by atoms with Gasteiger partial charge in [-0.2, -0.15) is 0 Å². The molecule has 1 aliphatic rings. The summed E-state index contributed by atoms with van der Waals surface area (Å²) in [6, 6.07) is 13.5. The van der Waals surface area contributed by atoms with Crippen LogP contribution in [0.5, 0.6) is 0 Å². The van der Waals surface area contributed by atoms with Gasteiger partial charge < -0.3 is 0 Å². The molecule has 116 valence electrons. The molecule has 0 unspecified atom stereocenters. The highest BCUT2D eigenvalue weighted by Gasteiger charge is 2.35. The van der Waals surface area contributed by atoms with E-state index in [2.05, 4.69) is 85.5 Å². The van der Waals surface area contributed by atoms with Crippen LogP contribution < -0.4 is 0 Å². The lowest BCUT2D eigenvalue weighted by Crippen LogP contribution is -2.15. The SMILES string of the molecule is C=C(/C=C\C=C/C)c1ccc2c(c1)C(C)(C)c1cc(I)ccc1-2. The fraction of sp³-hybridized carbons (Fsp3) is 0.182. The number of hydrogen-bond acceptors (Lipinski definition) is 0. The summed E-state index contributed by atoms with van der Waals surface area (Å²) in [5.74, 6) is 0. The van der Waals surface area contributed by atoms with E-state index < -0.39 is 0 Å². The third-order valence-corrected chi connectivity index (χ3v) is 5.28. The zero-order chi connectivity index (χ0) is 16.6. The van der Waals surface area contributed by atoms with Crippen molar-refractivity contribution < 1.29 is 0 Å². The molecule has 0 N–H and O–H groups in total. The van der Waals surface area contributed by atoms with Crippen LogP contribution in [0.4, 0.5) is 0 Å². The Balaban J connectivity index is 2.08. The summed E-state index contributed by atoms with van der Waals surface area (Å²) in [6.45, 7) is 10.9. The maximum absolute atomic E-state index is 4.21. The molecule has 0 fully saturated rings. The number of halogens is 1. The number of hydrogen-bond donors (Lipinski definition) is 0. The third-order valence-electron chi connectivity index (χ3n) is 4.61. The highest BCUT2D eigenvalue weighted by atomic mass is 127. The van der Waals surface area contributed by atoms with E-state index in [1.54, 1.807) is 0 Å². The number of allylic oxidation sites excluding steroid dienone is 5. The van der Waals surface area contributed by atoms with Crippen LogP contribution in [0.15, 0.2) is 67.3 Å². The maximum atomic E-state index is 4.21. The summed E-state index contributed by atoms with van der Waals surface area (Å²) in [5, 5.41) is 0. The summed E-state index contributed by atoms with van der Waals surface area (Å²) in [7, 11) is 0. The Morgan fingerprint density at radius 2 is 1.65 bits per heavy atom. The average molecular weight is 412 g/mol. The van der Waals surface area contributed by atoms with Crippen molar-refractivity contribution in [3.8, 4) is 11.1 Å². The van der Waals surface area contributed by atoms with E-state index in [0.717, 1.165) is 5.57 Å². The zero-order valence-electron chi connectivity index (χ0n) is 13.9. The van der Waals surface area contributed by atoms with Gasteiger partial charge in [-0.25, -0.2) is 0 Å². The van der Waals surface area contributed by atoms with E-state index in [1.165, 1.54) is 31.4 Å². The second-order valence-corrected chi connectivity index (χ2v) is 7.73. The van der Waals surface area contributed by atoms with Gasteiger partial charge in [0.25, 0.3) is 0 Å². The largest absolute Gasteiger partial charge is 0.0912 e. The molecule has 3 rings (SSSR count). The van der Waals surface area contributed by atoms with E-state index in [0.29, 0.717) is 0 Å². The number of benzene rings is 2. The standard InChI is InChI=1S/C22H21I/c1-5-6-7-8-15(2)16-9-11-18-19-12-10-17(23)14-21(19)22(3,4)20(18)13-16/h5-14H,2H2,1,3-4H3/b6-5-,8-7-. The normalized spacial score (nSPS) is 15.1. The Morgan fingerprint density at radius 3 is 2.35 bits per heavy atom. The lowest BCUT2D eigenvalue weighted by Gasteiger charge is -2.22. The van der Waals surface area contributed by atoms with Crippen LogP contribution in [0.2, 0.25) is 0 Å². The molecule has 0 aliphatic heterocycles. The monoisotopic (exact) mass is 412 g/mol. The third kappa shape index (κ3) is 2.83. The smallest absolute Gasteiger partial charge is 0.0159 e. The van der Waals surface area contributed by atoms with E-state index in [1.807, 2.05) is 25.2 Å². The van der Waals surface area contributed by atoms with Gasteiger partial charge in [-0.05, 0) is 81.1 Å². The molecule has 2 aromatic rings. The molecule has 0 saturated heterocycles. The summed E-state index contributed by atoms with van der Waals surface area (Å²) in [6.07, 6.45) is 8.16. The van der Waals surface area contributed by atoms with Crippen molar-refractivity contribution in [2.24, 2.45) is 0 Å². The maximum Gasteiger partial charge on any atom is 0.0159 e. The van der Waals surface area contributed by atoms with Gasteiger partial charge in [0, 0.05) is 8.99 Å². The van der Waals surface area contributed by atoms with Crippen LogP contribution in [0.3, 0.4) is 0 Å². The second-order valence-electron chi connectivity index (χ2n) is 6.49. The first-order valence-electron chi connectivity index (χ1n) is 7.88. The second kappa shape index (κ2) is 6.12. The van der Waals surface area contributed by atoms with E-state index in [-0.39, 0.29) is 5.41 Å². The van der Waals surface area contributed by atoms with E-state index in [9.17, 15) is 0 Å². The minimum absolute atomic E-state index is 0.0369. The molecule has 1 heteroatoms. The molecule has 0 atom stereocenters. The van der Waals surface area contributed by atoms with Gasteiger partial charge in [-0.15, -0.1) is 0 Å². The molecule has 2 aromatic carbocycles. The Kier molecular flexibility index (Phi) is 4.33. The lowest BCUT2D eigenvalue weighted by atomic mass is 9.81. The molecule has 0 aromatic heterocycles. The molecule has 0 radical (unpaired) electrons. The van der Waals surface area contributed by atoms with Gasteiger partial charge in [-0.3, -0.25) is 0 Å². The molecule has 1 aliphatic carbocycles. The van der Waals surface area contributed by atoms with Crippen molar-refractivity contribution in [2.45, 2.75) is 26.2 Å². The number of rotatable bonds is 3. The Hall–Kier alpha value is -1.61. The van der Waals surface area contributed by atoms with Gasteiger partial charge in [0.15, 0.2) is 0 Å². The predicted molar refractivity (Wildman–Crippen MR) is 110 cm³/mol. The molecule has 0 heterocycles. The molecular formula is C22H21I. The van der Waals surface area contributed by atoms with Crippen molar-refractivity contribution in [3.05, 3.63) is 87.5 Å². The molecular weight excluding hydrogens is 391 g/mol. The highest BCUT2D eigenvalue weighted by molar-refractivity contribution is 14.1. The summed E-state index contributed by atoms with van der Waals surface area (Å²) in [5.41, 5.74) is 7.82. The van der Waals surface area contributed by atoms with Gasteiger partial charge in [0.2, 0.25) is 0 Å². The molecule has 0 nitrogen and oxygen atoms in total. The first-order chi connectivity index (χ1) is 10.9.